The van der Waals surface area contributed by atoms with Crippen LogP contribution in [0.2, 0.25) is 0 Å². The maximum atomic E-state index is 13.9. The van der Waals surface area contributed by atoms with Gasteiger partial charge < -0.3 is 9.47 Å². The predicted octanol–water partition coefficient (Wildman–Crippen LogP) is 4.73. The molecule has 0 amide bonds. The molecule has 2 aromatic rings. The topological polar surface area (TPSA) is 49.2 Å². The number of thioether (sulfide) groups is 1. The van der Waals surface area contributed by atoms with Crippen molar-refractivity contribution in [1.82, 2.24) is 14.8 Å². The molecular weight excluding hydrogens is 377 g/mol. The van der Waals surface area contributed by atoms with E-state index in [4.69, 9.17) is 9.47 Å². The molecule has 7 heteroatoms. The summed E-state index contributed by atoms with van der Waals surface area (Å²) in [5.41, 5.74) is 0. The molecule has 4 atom stereocenters. The molecule has 4 unspecified atom stereocenters. The standard InChI is InChI=1S/C21H28FN3O2S/c1-14(17-12-15-7-8-16(17)11-15)25-20(23-24-21(25)28-10-9-26-2)13-27-19-6-4-3-5-18(19)22/h3-6,14-17H,7-13H2,1-2H3. The van der Waals surface area contributed by atoms with Crippen LogP contribution in [-0.2, 0) is 11.3 Å². The van der Waals surface area contributed by atoms with Crippen molar-refractivity contribution < 1.29 is 13.9 Å². The Balaban J connectivity index is 1.54. The number of methoxy groups -OCH3 is 1. The van der Waals surface area contributed by atoms with Crippen molar-refractivity contribution in [3.8, 4) is 5.75 Å². The van der Waals surface area contributed by atoms with Gasteiger partial charge in [0.25, 0.3) is 0 Å². The second kappa shape index (κ2) is 8.82. The molecule has 2 saturated carbocycles. The highest BCUT2D eigenvalue weighted by Gasteiger charge is 2.43. The van der Waals surface area contributed by atoms with Crippen LogP contribution in [0.5, 0.6) is 5.75 Å². The van der Waals surface area contributed by atoms with Gasteiger partial charge >= 0.3 is 0 Å². The number of aromatic nitrogens is 3. The van der Waals surface area contributed by atoms with Gasteiger partial charge in [0.1, 0.15) is 6.61 Å². The van der Waals surface area contributed by atoms with Crippen LogP contribution in [0.3, 0.4) is 0 Å². The summed E-state index contributed by atoms with van der Waals surface area (Å²) in [5.74, 6) is 3.83. The van der Waals surface area contributed by atoms with Crippen molar-refractivity contribution in [2.75, 3.05) is 19.5 Å². The predicted molar refractivity (Wildman–Crippen MR) is 107 cm³/mol. The minimum atomic E-state index is -0.357. The summed E-state index contributed by atoms with van der Waals surface area (Å²) in [4.78, 5) is 0. The number of hydrogen-bond acceptors (Lipinski definition) is 5. The molecule has 1 heterocycles. The molecule has 0 N–H and O–H groups in total. The average molecular weight is 406 g/mol. The summed E-state index contributed by atoms with van der Waals surface area (Å²) in [5, 5.41) is 9.72. The van der Waals surface area contributed by atoms with E-state index in [9.17, 15) is 4.39 Å². The number of nitrogens with zero attached hydrogens (tertiary/aromatic N) is 3. The Kier molecular flexibility index (Phi) is 6.21. The summed E-state index contributed by atoms with van der Waals surface area (Å²) < 4.78 is 27.1. The minimum absolute atomic E-state index is 0.212. The number of rotatable bonds is 9. The number of para-hydroxylation sites is 1. The third-order valence-corrected chi connectivity index (χ3v) is 7.17. The van der Waals surface area contributed by atoms with Crippen molar-refractivity contribution in [3.63, 3.8) is 0 Å². The number of hydrogen-bond donors (Lipinski definition) is 0. The lowest BCUT2D eigenvalue weighted by molar-refractivity contribution is 0.213. The van der Waals surface area contributed by atoms with E-state index < -0.39 is 0 Å². The van der Waals surface area contributed by atoms with Crippen LogP contribution in [0.1, 0.15) is 44.5 Å². The molecule has 0 saturated heterocycles. The van der Waals surface area contributed by atoms with Gasteiger partial charge in [-0.15, -0.1) is 10.2 Å². The zero-order valence-electron chi connectivity index (χ0n) is 16.5. The van der Waals surface area contributed by atoms with E-state index in [2.05, 4.69) is 21.7 Å². The van der Waals surface area contributed by atoms with Crippen LogP contribution >= 0.6 is 11.8 Å². The molecule has 1 aromatic carbocycles. The van der Waals surface area contributed by atoms with E-state index in [-0.39, 0.29) is 18.2 Å². The Morgan fingerprint density at radius 2 is 2.11 bits per heavy atom. The minimum Gasteiger partial charge on any atom is -0.483 e. The zero-order chi connectivity index (χ0) is 19.5. The van der Waals surface area contributed by atoms with Gasteiger partial charge in [0.2, 0.25) is 0 Å². The maximum absolute atomic E-state index is 13.9. The van der Waals surface area contributed by atoms with Gasteiger partial charge in [-0.05, 0) is 56.1 Å². The number of halogens is 1. The number of ether oxygens (including phenoxy) is 2. The van der Waals surface area contributed by atoms with Crippen LogP contribution in [0.25, 0.3) is 0 Å². The van der Waals surface area contributed by atoms with Gasteiger partial charge in [-0.1, -0.05) is 30.3 Å². The van der Waals surface area contributed by atoms with Crippen molar-refractivity contribution in [2.45, 2.75) is 50.4 Å². The third kappa shape index (κ3) is 4.06. The van der Waals surface area contributed by atoms with E-state index in [0.29, 0.717) is 18.6 Å². The second-order valence-corrected chi connectivity index (χ2v) is 8.97. The van der Waals surface area contributed by atoms with Crippen molar-refractivity contribution >= 4 is 11.8 Å². The van der Waals surface area contributed by atoms with Crippen LogP contribution in [0.4, 0.5) is 4.39 Å². The smallest absolute Gasteiger partial charge is 0.191 e. The SMILES string of the molecule is COCCSc1nnc(COc2ccccc2F)n1C(C)C1CC2CCC1C2. The summed E-state index contributed by atoms with van der Waals surface area (Å²) in [6.45, 7) is 3.16. The highest BCUT2D eigenvalue weighted by atomic mass is 32.2. The Bertz CT molecular complexity index is 800. The largest absolute Gasteiger partial charge is 0.483 e. The number of benzene rings is 1. The van der Waals surface area contributed by atoms with Gasteiger partial charge in [-0.2, -0.15) is 0 Å². The van der Waals surface area contributed by atoms with E-state index in [1.54, 1.807) is 37.1 Å². The van der Waals surface area contributed by atoms with Crippen molar-refractivity contribution in [1.29, 1.82) is 0 Å². The molecule has 28 heavy (non-hydrogen) atoms. The molecule has 5 nitrogen and oxygen atoms in total. The van der Waals surface area contributed by atoms with Crippen molar-refractivity contribution in [3.05, 3.63) is 35.9 Å². The Morgan fingerprint density at radius 3 is 2.82 bits per heavy atom. The zero-order valence-corrected chi connectivity index (χ0v) is 17.3. The highest BCUT2D eigenvalue weighted by molar-refractivity contribution is 7.99. The molecule has 0 spiro atoms. The Morgan fingerprint density at radius 1 is 1.25 bits per heavy atom. The molecule has 2 fully saturated rings. The summed E-state index contributed by atoms with van der Waals surface area (Å²) in [7, 11) is 1.71. The van der Waals surface area contributed by atoms with Crippen LogP contribution < -0.4 is 4.74 Å². The lowest BCUT2D eigenvalue weighted by Crippen LogP contribution is -2.24. The van der Waals surface area contributed by atoms with Crippen LogP contribution in [0.15, 0.2) is 29.4 Å². The molecule has 0 aliphatic heterocycles. The third-order valence-electron chi connectivity index (χ3n) is 6.27. The quantitative estimate of drug-likeness (QED) is 0.446. The first kappa shape index (κ1) is 19.7. The number of fused-ring (bicyclic) bond motifs is 2. The normalized spacial score (nSPS) is 24.6. The fourth-order valence-electron chi connectivity index (χ4n) is 4.91. The average Bonchev–Trinajstić information content (AvgIpc) is 3.43. The molecule has 2 aliphatic rings. The van der Waals surface area contributed by atoms with Crippen molar-refractivity contribution in [2.24, 2.45) is 17.8 Å². The monoisotopic (exact) mass is 405 g/mol. The van der Waals surface area contributed by atoms with E-state index in [1.165, 1.54) is 31.7 Å². The molecule has 2 aliphatic carbocycles. The summed E-state index contributed by atoms with van der Waals surface area (Å²) in [6.07, 6.45) is 5.38. The summed E-state index contributed by atoms with van der Waals surface area (Å²) >= 11 is 1.66. The molecule has 0 radical (unpaired) electrons. The maximum Gasteiger partial charge on any atom is 0.191 e. The van der Waals surface area contributed by atoms with Gasteiger partial charge in [-0.3, -0.25) is 4.57 Å². The Labute approximate surface area is 170 Å². The first-order valence-electron chi connectivity index (χ1n) is 10.1. The fraction of sp³-hybridized carbons (Fsp3) is 0.619. The molecule has 2 bridgehead atoms. The van der Waals surface area contributed by atoms with Crippen LogP contribution in [-0.4, -0.2) is 34.2 Å². The van der Waals surface area contributed by atoms with Gasteiger partial charge in [-0.25, -0.2) is 4.39 Å². The molecule has 152 valence electrons. The van der Waals surface area contributed by atoms with E-state index >= 15 is 0 Å². The highest BCUT2D eigenvalue weighted by Crippen LogP contribution is 2.52. The van der Waals surface area contributed by atoms with Gasteiger partial charge in [0, 0.05) is 18.9 Å². The second-order valence-electron chi connectivity index (χ2n) is 7.91. The van der Waals surface area contributed by atoms with E-state index in [1.807, 2.05) is 0 Å². The molecule has 1 aromatic heterocycles. The lowest BCUT2D eigenvalue weighted by atomic mass is 9.84. The van der Waals surface area contributed by atoms with Crippen LogP contribution in [0, 0.1) is 23.6 Å². The van der Waals surface area contributed by atoms with Gasteiger partial charge in [0.15, 0.2) is 22.5 Å². The van der Waals surface area contributed by atoms with Gasteiger partial charge in [0.05, 0.1) is 6.61 Å². The Hall–Kier alpha value is -1.60. The fourth-order valence-corrected chi connectivity index (χ4v) is 5.85. The molecule has 4 rings (SSSR count). The van der Waals surface area contributed by atoms with E-state index in [0.717, 1.165) is 28.6 Å². The first-order valence-corrected chi connectivity index (χ1v) is 11.1. The lowest BCUT2D eigenvalue weighted by Gasteiger charge is -2.30. The molecular formula is C21H28FN3O2S. The first-order chi connectivity index (χ1) is 13.7. The summed E-state index contributed by atoms with van der Waals surface area (Å²) in [6, 6.07) is 6.79.